The van der Waals surface area contributed by atoms with Crippen molar-refractivity contribution in [2.75, 3.05) is 7.11 Å². The fourth-order valence-electron chi connectivity index (χ4n) is 4.38. The zero-order chi connectivity index (χ0) is 14.9. The van der Waals surface area contributed by atoms with Crippen molar-refractivity contribution in [3.8, 4) is 5.75 Å². The lowest BCUT2D eigenvalue weighted by molar-refractivity contribution is 0.00649. The predicted molar refractivity (Wildman–Crippen MR) is 85.4 cm³/mol. The smallest absolute Gasteiger partial charge is 0.137 e. The summed E-state index contributed by atoms with van der Waals surface area (Å²) in [6.07, 6.45) is 1.98. The van der Waals surface area contributed by atoms with E-state index in [9.17, 15) is 5.11 Å². The Labute approximate surface area is 128 Å². The van der Waals surface area contributed by atoms with Crippen LogP contribution >= 0.6 is 0 Å². The standard InChI is InChI=1S/C19H17NO2/c1-22-11-6-9-17-14(10-11)12-7-8-16-13-4-2-3-5-15(13)19(16,21)18(12)20-17/h2-6,9-10,16,20-21H,7-8H2,1H3. The van der Waals surface area contributed by atoms with E-state index in [1.807, 2.05) is 24.3 Å². The average molecular weight is 291 g/mol. The van der Waals surface area contributed by atoms with Crippen LogP contribution in [-0.4, -0.2) is 17.2 Å². The highest BCUT2D eigenvalue weighted by Gasteiger charge is 2.55. The van der Waals surface area contributed by atoms with Gasteiger partial charge in [0.25, 0.3) is 0 Å². The molecule has 0 saturated heterocycles. The average Bonchev–Trinajstić information content (AvgIpc) is 2.93. The molecule has 0 amide bonds. The van der Waals surface area contributed by atoms with Gasteiger partial charge in [-0.1, -0.05) is 24.3 Å². The molecule has 0 spiro atoms. The first kappa shape index (κ1) is 12.3. The van der Waals surface area contributed by atoms with Crippen LogP contribution in [0.1, 0.15) is 34.7 Å². The Hall–Kier alpha value is -2.26. The van der Waals surface area contributed by atoms with Crippen LogP contribution in [0.25, 0.3) is 10.9 Å². The van der Waals surface area contributed by atoms with Gasteiger partial charge in [-0.05, 0) is 47.7 Å². The molecule has 3 aromatic rings. The molecular formula is C19H17NO2. The van der Waals surface area contributed by atoms with E-state index in [0.717, 1.165) is 35.4 Å². The second kappa shape index (κ2) is 3.93. The van der Waals surface area contributed by atoms with E-state index in [1.54, 1.807) is 7.11 Å². The van der Waals surface area contributed by atoms with Gasteiger partial charge in [-0.25, -0.2) is 0 Å². The summed E-state index contributed by atoms with van der Waals surface area (Å²) in [7, 11) is 1.69. The van der Waals surface area contributed by atoms with Gasteiger partial charge in [0.1, 0.15) is 11.4 Å². The van der Waals surface area contributed by atoms with E-state index in [1.165, 1.54) is 16.5 Å². The first-order chi connectivity index (χ1) is 10.7. The fraction of sp³-hybridized carbons (Fsp3) is 0.263. The van der Waals surface area contributed by atoms with Gasteiger partial charge in [-0.15, -0.1) is 0 Å². The molecule has 5 rings (SSSR count). The van der Waals surface area contributed by atoms with Crippen molar-refractivity contribution >= 4 is 10.9 Å². The molecule has 2 unspecified atom stereocenters. The first-order valence-electron chi connectivity index (χ1n) is 7.74. The summed E-state index contributed by atoms with van der Waals surface area (Å²) in [5.74, 6) is 1.07. The Kier molecular flexibility index (Phi) is 2.20. The predicted octanol–water partition coefficient (Wildman–Crippen LogP) is 3.46. The molecule has 3 nitrogen and oxygen atoms in total. The topological polar surface area (TPSA) is 45.2 Å². The molecular weight excluding hydrogens is 274 g/mol. The number of aliphatic hydroxyl groups is 1. The molecule has 1 aromatic heterocycles. The van der Waals surface area contributed by atoms with Gasteiger partial charge in [-0.2, -0.15) is 0 Å². The van der Waals surface area contributed by atoms with E-state index < -0.39 is 5.60 Å². The van der Waals surface area contributed by atoms with Crippen LogP contribution in [0.2, 0.25) is 0 Å². The molecule has 22 heavy (non-hydrogen) atoms. The number of nitrogens with one attached hydrogen (secondary N) is 1. The Balaban J connectivity index is 1.79. The highest BCUT2D eigenvalue weighted by molar-refractivity contribution is 5.87. The summed E-state index contributed by atoms with van der Waals surface area (Å²) < 4.78 is 5.35. The van der Waals surface area contributed by atoms with Crippen molar-refractivity contribution < 1.29 is 9.84 Å². The number of hydrogen-bond donors (Lipinski definition) is 2. The van der Waals surface area contributed by atoms with Crippen molar-refractivity contribution in [2.24, 2.45) is 0 Å². The lowest BCUT2D eigenvalue weighted by Crippen LogP contribution is -2.47. The third kappa shape index (κ3) is 1.26. The van der Waals surface area contributed by atoms with Gasteiger partial charge in [-0.3, -0.25) is 0 Å². The Morgan fingerprint density at radius 2 is 2.09 bits per heavy atom. The van der Waals surface area contributed by atoms with Crippen LogP contribution in [0, 0.1) is 0 Å². The molecule has 2 N–H and O–H groups in total. The molecule has 2 aromatic carbocycles. The number of benzene rings is 2. The number of H-pyrrole nitrogens is 1. The number of fused-ring (bicyclic) bond motifs is 8. The number of methoxy groups -OCH3 is 1. The van der Waals surface area contributed by atoms with Crippen molar-refractivity contribution in [3.05, 3.63) is 64.8 Å². The summed E-state index contributed by atoms with van der Waals surface area (Å²) in [6, 6.07) is 14.3. The Morgan fingerprint density at radius 1 is 1.23 bits per heavy atom. The normalized spacial score (nSPS) is 25.1. The minimum absolute atomic E-state index is 0.214. The lowest BCUT2D eigenvalue weighted by atomic mass is 9.58. The van der Waals surface area contributed by atoms with Crippen LogP contribution in [-0.2, 0) is 12.0 Å². The molecule has 0 fully saturated rings. The first-order valence-corrected chi connectivity index (χ1v) is 7.74. The highest BCUT2D eigenvalue weighted by Crippen LogP contribution is 2.59. The molecule has 1 heterocycles. The second-order valence-corrected chi connectivity index (χ2v) is 6.33. The number of hydrogen-bond acceptors (Lipinski definition) is 2. The quantitative estimate of drug-likeness (QED) is 0.721. The number of aryl methyl sites for hydroxylation is 1. The summed E-state index contributed by atoms with van der Waals surface area (Å²) in [6.45, 7) is 0. The maximum atomic E-state index is 11.4. The van der Waals surface area contributed by atoms with Gasteiger partial charge in [0.05, 0.1) is 12.8 Å². The molecule has 2 aliphatic rings. The molecule has 110 valence electrons. The number of ether oxygens (including phenoxy) is 1. The van der Waals surface area contributed by atoms with Gasteiger partial charge in [0.15, 0.2) is 0 Å². The van der Waals surface area contributed by atoms with E-state index >= 15 is 0 Å². The van der Waals surface area contributed by atoms with E-state index in [-0.39, 0.29) is 5.92 Å². The fourth-order valence-corrected chi connectivity index (χ4v) is 4.38. The van der Waals surface area contributed by atoms with Gasteiger partial charge >= 0.3 is 0 Å². The van der Waals surface area contributed by atoms with Crippen LogP contribution in [0.3, 0.4) is 0 Å². The van der Waals surface area contributed by atoms with Crippen molar-refractivity contribution in [2.45, 2.75) is 24.4 Å². The molecule has 2 atom stereocenters. The van der Waals surface area contributed by atoms with Gasteiger partial charge in [0.2, 0.25) is 0 Å². The molecule has 0 saturated carbocycles. The minimum atomic E-state index is -0.851. The van der Waals surface area contributed by atoms with Crippen molar-refractivity contribution in [1.82, 2.24) is 4.98 Å². The third-order valence-corrected chi connectivity index (χ3v) is 5.43. The van der Waals surface area contributed by atoms with Crippen LogP contribution < -0.4 is 4.74 Å². The Morgan fingerprint density at radius 3 is 2.95 bits per heavy atom. The third-order valence-electron chi connectivity index (χ3n) is 5.43. The van der Waals surface area contributed by atoms with E-state index in [4.69, 9.17) is 4.74 Å². The van der Waals surface area contributed by atoms with Gasteiger partial charge in [0, 0.05) is 16.8 Å². The minimum Gasteiger partial charge on any atom is -0.497 e. The van der Waals surface area contributed by atoms with Crippen LogP contribution in [0.15, 0.2) is 42.5 Å². The number of rotatable bonds is 1. The molecule has 3 heteroatoms. The van der Waals surface area contributed by atoms with Gasteiger partial charge < -0.3 is 14.8 Å². The Bertz CT molecular complexity index is 911. The molecule has 0 aliphatic heterocycles. The summed E-state index contributed by atoms with van der Waals surface area (Å²) in [5.41, 5.74) is 4.79. The lowest BCUT2D eigenvalue weighted by Gasteiger charge is -2.50. The number of aromatic nitrogens is 1. The summed E-state index contributed by atoms with van der Waals surface area (Å²) in [5, 5.41) is 12.6. The van der Waals surface area contributed by atoms with Crippen LogP contribution in [0.4, 0.5) is 0 Å². The molecule has 0 bridgehead atoms. The zero-order valence-electron chi connectivity index (χ0n) is 12.4. The second-order valence-electron chi connectivity index (χ2n) is 6.33. The molecule has 0 radical (unpaired) electrons. The zero-order valence-corrected chi connectivity index (χ0v) is 12.4. The largest absolute Gasteiger partial charge is 0.497 e. The maximum Gasteiger partial charge on any atom is 0.137 e. The summed E-state index contributed by atoms with van der Waals surface area (Å²) in [4.78, 5) is 3.47. The number of aromatic amines is 1. The maximum absolute atomic E-state index is 11.4. The van der Waals surface area contributed by atoms with Crippen LogP contribution in [0.5, 0.6) is 5.75 Å². The van der Waals surface area contributed by atoms with Crippen molar-refractivity contribution in [3.63, 3.8) is 0 Å². The van der Waals surface area contributed by atoms with E-state index in [2.05, 4.69) is 23.2 Å². The monoisotopic (exact) mass is 291 g/mol. The SMILES string of the molecule is COc1ccc2[nH]c3c(c2c1)CCC1c2ccccc2C31O. The van der Waals surface area contributed by atoms with Crippen molar-refractivity contribution in [1.29, 1.82) is 0 Å². The van der Waals surface area contributed by atoms with E-state index in [0.29, 0.717) is 0 Å². The highest BCUT2D eigenvalue weighted by atomic mass is 16.5. The molecule has 2 aliphatic carbocycles. The summed E-state index contributed by atoms with van der Waals surface area (Å²) >= 11 is 0.